The number of rotatable bonds is 1. The molecular weight excluding hydrogens is 259 g/mol. The number of halogens is 3. The van der Waals surface area contributed by atoms with Gasteiger partial charge in [0.2, 0.25) is 0 Å². The van der Waals surface area contributed by atoms with Gasteiger partial charge in [-0.1, -0.05) is 0 Å². The summed E-state index contributed by atoms with van der Waals surface area (Å²) in [6.07, 6.45) is -2.13. The minimum atomic E-state index is -4.81. The maximum atomic E-state index is 12.4. The molecule has 102 valence electrons. The van der Waals surface area contributed by atoms with Crippen molar-refractivity contribution in [1.29, 1.82) is 0 Å². The zero-order chi connectivity index (χ0) is 13.6. The Morgan fingerprint density at radius 2 is 1.89 bits per heavy atom. The maximum absolute atomic E-state index is 12.4. The zero-order valence-electron chi connectivity index (χ0n) is 10.1. The fourth-order valence-corrected chi connectivity index (χ4v) is 2.31. The number of hydrogen-bond donors (Lipinski definition) is 0. The van der Waals surface area contributed by atoms with Crippen molar-refractivity contribution in [3.8, 4) is 0 Å². The van der Waals surface area contributed by atoms with Gasteiger partial charge in [-0.2, -0.15) is 13.2 Å². The molecule has 7 heteroatoms. The summed E-state index contributed by atoms with van der Waals surface area (Å²) < 4.78 is 37.1. The van der Waals surface area contributed by atoms with Gasteiger partial charge in [-0.05, 0) is 23.6 Å². The smallest absolute Gasteiger partial charge is 0.356 e. The Bertz CT molecular complexity index is 525. The summed E-state index contributed by atoms with van der Waals surface area (Å²) in [6, 6.07) is 1.79. The molecule has 19 heavy (non-hydrogen) atoms. The van der Waals surface area contributed by atoms with Crippen molar-refractivity contribution in [2.45, 2.75) is 25.7 Å². The van der Waals surface area contributed by atoms with Crippen LogP contribution in [0, 0.1) is 0 Å². The van der Waals surface area contributed by atoms with Crippen LogP contribution in [0.4, 0.5) is 19.0 Å². The lowest BCUT2D eigenvalue weighted by atomic mass is 10.1. The molecule has 1 amide bonds. The highest BCUT2D eigenvalue weighted by molar-refractivity contribution is 5.82. The summed E-state index contributed by atoms with van der Waals surface area (Å²) in [6.45, 7) is 1.85. The summed E-state index contributed by atoms with van der Waals surface area (Å²) in [5, 5.41) is 0. The van der Waals surface area contributed by atoms with E-state index in [1.165, 1.54) is 0 Å². The second-order valence-electron chi connectivity index (χ2n) is 4.81. The molecular formula is C12H12F3N3O. The van der Waals surface area contributed by atoms with E-state index in [1.54, 1.807) is 12.3 Å². The van der Waals surface area contributed by atoms with Gasteiger partial charge in [0.25, 0.3) is 0 Å². The van der Waals surface area contributed by atoms with Crippen LogP contribution in [0.5, 0.6) is 0 Å². The highest BCUT2D eigenvalue weighted by Gasteiger charge is 2.44. The van der Waals surface area contributed by atoms with Gasteiger partial charge in [-0.3, -0.25) is 4.79 Å². The average Bonchev–Trinajstić information content (AvgIpc) is 2.67. The van der Waals surface area contributed by atoms with Gasteiger partial charge < -0.3 is 9.80 Å². The van der Waals surface area contributed by atoms with Crippen molar-refractivity contribution in [1.82, 2.24) is 9.88 Å². The maximum Gasteiger partial charge on any atom is 0.471 e. The molecule has 0 unspecified atom stereocenters. The summed E-state index contributed by atoms with van der Waals surface area (Å²) >= 11 is 0. The van der Waals surface area contributed by atoms with Crippen LogP contribution < -0.4 is 4.90 Å². The minimum Gasteiger partial charge on any atom is -0.356 e. The SMILES string of the molecule is O=C(N1Cc2cnc(N3CCC3)cc2C1)C(F)(F)F. The molecule has 1 aromatic rings. The number of anilines is 1. The number of amides is 1. The number of alkyl halides is 3. The standard InChI is InChI=1S/C12H12F3N3O/c13-12(14,15)11(19)18-6-8-4-10(17-2-1-3-17)16-5-9(8)7-18/h4-5H,1-3,6-7H2. The quantitative estimate of drug-likeness (QED) is 0.780. The molecule has 3 rings (SSSR count). The van der Waals surface area contributed by atoms with E-state index in [-0.39, 0.29) is 13.1 Å². The normalized spacial score (nSPS) is 18.3. The molecule has 1 saturated heterocycles. The van der Waals surface area contributed by atoms with Crippen LogP contribution >= 0.6 is 0 Å². The minimum absolute atomic E-state index is 0.0109. The third-order valence-corrected chi connectivity index (χ3v) is 3.50. The molecule has 0 N–H and O–H groups in total. The Balaban J connectivity index is 1.78. The van der Waals surface area contributed by atoms with E-state index >= 15 is 0 Å². The zero-order valence-corrected chi connectivity index (χ0v) is 10.1. The van der Waals surface area contributed by atoms with Crippen LogP contribution in [0.25, 0.3) is 0 Å². The Morgan fingerprint density at radius 3 is 2.47 bits per heavy atom. The number of carbonyl (C=O) groups excluding carboxylic acids is 1. The third-order valence-electron chi connectivity index (χ3n) is 3.50. The Morgan fingerprint density at radius 1 is 1.21 bits per heavy atom. The molecule has 0 spiro atoms. The summed E-state index contributed by atoms with van der Waals surface area (Å²) in [4.78, 5) is 18.3. The number of fused-ring (bicyclic) bond motifs is 1. The number of pyridine rings is 1. The molecule has 4 nitrogen and oxygen atoms in total. The van der Waals surface area contributed by atoms with E-state index in [4.69, 9.17) is 0 Å². The van der Waals surface area contributed by atoms with Crippen molar-refractivity contribution in [3.05, 3.63) is 23.4 Å². The fraction of sp³-hybridized carbons (Fsp3) is 0.500. The lowest BCUT2D eigenvalue weighted by Gasteiger charge is -2.32. The van der Waals surface area contributed by atoms with E-state index in [0.717, 1.165) is 35.8 Å². The number of aromatic nitrogens is 1. The van der Waals surface area contributed by atoms with E-state index in [9.17, 15) is 18.0 Å². The Hall–Kier alpha value is -1.79. The molecule has 0 saturated carbocycles. The van der Waals surface area contributed by atoms with Crippen molar-refractivity contribution < 1.29 is 18.0 Å². The number of nitrogens with zero attached hydrogens (tertiary/aromatic N) is 3. The Labute approximate surface area is 107 Å². The van der Waals surface area contributed by atoms with Crippen molar-refractivity contribution in [2.75, 3.05) is 18.0 Å². The van der Waals surface area contributed by atoms with E-state index in [0.29, 0.717) is 5.56 Å². The first-order chi connectivity index (χ1) is 8.95. The number of hydrogen-bond acceptors (Lipinski definition) is 3. The second-order valence-corrected chi connectivity index (χ2v) is 4.81. The fourth-order valence-electron chi connectivity index (χ4n) is 2.31. The molecule has 0 radical (unpaired) electrons. The second kappa shape index (κ2) is 4.11. The van der Waals surface area contributed by atoms with Crippen LogP contribution in [0.2, 0.25) is 0 Å². The van der Waals surface area contributed by atoms with Crippen LogP contribution in [0.1, 0.15) is 17.5 Å². The largest absolute Gasteiger partial charge is 0.471 e. The average molecular weight is 271 g/mol. The van der Waals surface area contributed by atoms with Crippen LogP contribution in [0.15, 0.2) is 12.3 Å². The van der Waals surface area contributed by atoms with Crippen molar-refractivity contribution >= 4 is 11.7 Å². The molecule has 3 heterocycles. The molecule has 0 aliphatic carbocycles. The molecule has 2 aliphatic rings. The van der Waals surface area contributed by atoms with Gasteiger partial charge in [-0.25, -0.2) is 4.98 Å². The first-order valence-electron chi connectivity index (χ1n) is 6.04. The first kappa shape index (κ1) is 12.3. The van der Waals surface area contributed by atoms with Crippen molar-refractivity contribution in [3.63, 3.8) is 0 Å². The topological polar surface area (TPSA) is 36.4 Å². The molecule has 0 aromatic carbocycles. The predicted octanol–water partition coefficient (Wildman–Crippen LogP) is 1.70. The summed E-state index contributed by atoms with van der Waals surface area (Å²) in [5.74, 6) is -1.000. The van der Waals surface area contributed by atoms with Gasteiger partial charge in [0.05, 0.1) is 0 Å². The lowest BCUT2D eigenvalue weighted by molar-refractivity contribution is -0.186. The van der Waals surface area contributed by atoms with Crippen LogP contribution in [-0.4, -0.2) is 35.1 Å². The highest BCUT2D eigenvalue weighted by atomic mass is 19.4. The molecule has 1 fully saturated rings. The molecule has 0 bridgehead atoms. The van der Waals surface area contributed by atoms with E-state index in [1.807, 2.05) is 0 Å². The van der Waals surface area contributed by atoms with E-state index < -0.39 is 12.1 Å². The summed E-state index contributed by atoms with van der Waals surface area (Å²) in [5.41, 5.74) is 1.45. The van der Waals surface area contributed by atoms with Gasteiger partial charge >= 0.3 is 12.1 Å². The highest BCUT2D eigenvalue weighted by Crippen LogP contribution is 2.30. The van der Waals surface area contributed by atoms with E-state index in [2.05, 4.69) is 9.88 Å². The van der Waals surface area contributed by atoms with Crippen LogP contribution in [-0.2, 0) is 17.9 Å². The monoisotopic (exact) mass is 271 g/mol. The molecule has 1 aromatic heterocycles. The first-order valence-corrected chi connectivity index (χ1v) is 6.04. The predicted molar refractivity (Wildman–Crippen MR) is 61.4 cm³/mol. The van der Waals surface area contributed by atoms with Gasteiger partial charge in [0.15, 0.2) is 0 Å². The number of carbonyl (C=O) groups is 1. The molecule has 0 atom stereocenters. The lowest BCUT2D eigenvalue weighted by Crippen LogP contribution is -2.37. The Kier molecular flexibility index (Phi) is 2.65. The van der Waals surface area contributed by atoms with Crippen LogP contribution in [0.3, 0.4) is 0 Å². The van der Waals surface area contributed by atoms with Crippen molar-refractivity contribution in [2.24, 2.45) is 0 Å². The van der Waals surface area contributed by atoms with Gasteiger partial charge in [0, 0.05) is 32.4 Å². The molecule has 2 aliphatic heterocycles. The third kappa shape index (κ3) is 2.13. The van der Waals surface area contributed by atoms with Gasteiger partial charge in [0.1, 0.15) is 5.82 Å². The van der Waals surface area contributed by atoms with Gasteiger partial charge in [-0.15, -0.1) is 0 Å². The summed E-state index contributed by atoms with van der Waals surface area (Å²) in [7, 11) is 0.